The molecule has 0 heterocycles. The number of rotatable bonds is 6. The summed E-state index contributed by atoms with van der Waals surface area (Å²) >= 11 is 17.8. The normalized spacial score (nSPS) is 12.4. The van der Waals surface area contributed by atoms with E-state index in [1.807, 2.05) is 0 Å². The summed E-state index contributed by atoms with van der Waals surface area (Å²) in [5, 5.41) is 1.42. The number of halogens is 3. The number of benzene rings is 2. The molecule has 0 aliphatic carbocycles. The fourth-order valence-electron chi connectivity index (χ4n) is 1.94. The van der Waals surface area contributed by atoms with E-state index < -0.39 is 10.0 Å². The smallest absolute Gasteiger partial charge is 0.276 e. The van der Waals surface area contributed by atoms with E-state index >= 15 is 0 Å². The Labute approximate surface area is 166 Å². The van der Waals surface area contributed by atoms with Crippen LogP contribution in [-0.4, -0.2) is 27.8 Å². The third-order valence-corrected chi connectivity index (χ3v) is 5.26. The van der Waals surface area contributed by atoms with E-state index in [4.69, 9.17) is 44.3 Å². The molecule has 0 radical (unpaired) electrons. The molecule has 0 aliphatic heterocycles. The first-order valence-electron chi connectivity index (χ1n) is 7.11. The Bertz CT molecular complexity index is 972. The van der Waals surface area contributed by atoms with Crippen LogP contribution in [0.2, 0.25) is 10.0 Å². The minimum atomic E-state index is -3.96. The molecule has 2 rings (SSSR count). The van der Waals surface area contributed by atoms with E-state index in [-0.39, 0.29) is 5.17 Å². The van der Waals surface area contributed by atoms with E-state index in [0.717, 1.165) is 5.41 Å². The van der Waals surface area contributed by atoms with Crippen LogP contribution in [0.5, 0.6) is 11.5 Å². The fraction of sp³-hybridized carbons (Fsp3) is 0.118. The molecule has 0 aromatic heterocycles. The third kappa shape index (κ3) is 5.38. The summed E-state index contributed by atoms with van der Waals surface area (Å²) in [5.41, 5.74) is 0.927. The molecule has 0 aliphatic rings. The maximum Gasteiger partial charge on any atom is 0.276 e. The largest absolute Gasteiger partial charge is 0.493 e. The van der Waals surface area contributed by atoms with Gasteiger partial charge < -0.3 is 9.47 Å². The molecule has 26 heavy (non-hydrogen) atoms. The van der Waals surface area contributed by atoms with Gasteiger partial charge in [-0.1, -0.05) is 40.9 Å². The van der Waals surface area contributed by atoms with E-state index in [2.05, 4.69) is 4.40 Å². The molecule has 0 spiro atoms. The number of hydrogen-bond acceptors (Lipinski definition) is 4. The highest BCUT2D eigenvalue weighted by Crippen LogP contribution is 2.28. The second-order valence-electron chi connectivity index (χ2n) is 4.94. The van der Waals surface area contributed by atoms with Crippen LogP contribution in [-0.2, 0) is 10.0 Å². The monoisotopic (exact) mass is 433 g/mol. The molecule has 0 amide bonds. The first-order chi connectivity index (χ1) is 12.3. The molecule has 0 saturated carbocycles. The molecule has 9 heteroatoms. The zero-order valence-electron chi connectivity index (χ0n) is 13.7. The third-order valence-electron chi connectivity index (χ3n) is 3.21. The molecule has 138 valence electrons. The Kier molecular flexibility index (Phi) is 6.94. The van der Waals surface area contributed by atoms with Gasteiger partial charge in [0.15, 0.2) is 11.5 Å². The molecule has 0 N–H and O–H groups in total. The predicted octanol–water partition coefficient (Wildman–Crippen LogP) is 5.00. The second kappa shape index (κ2) is 8.77. The lowest BCUT2D eigenvalue weighted by Gasteiger charge is -2.08. The maximum atomic E-state index is 12.1. The maximum absolute atomic E-state index is 12.1. The van der Waals surface area contributed by atoms with Gasteiger partial charge in [0.1, 0.15) is 5.17 Å². The molecule has 0 bridgehead atoms. The van der Waals surface area contributed by atoms with E-state index in [0.29, 0.717) is 32.7 Å². The van der Waals surface area contributed by atoms with Gasteiger partial charge in [-0.3, -0.25) is 0 Å². The highest BCUT2D eigenvalue weighted by atomic mass is 35.5. The molecule has 0 fully saturated rings. The summed E-state index contributed by atoms with van der Waals surface area (Å²) < 4.78 is 38.1. The lowest BCUT2D eigenvalue weighted by atomic mass is 10.2. The Morgan fingerprint density at radius 3 is 2.31 bits per heavy atom. The number of methoxy groups -OCH3 is 2. The standard InChI is InChI=1S/C17H14Cl3NO4S/c1-24-15-6-4-12(10-16(15)25-2)17(20)21-26(22,23)8-7-11-3-5-13(18)14(19)9-11/h3-10H,1-2H3/b8-7+,21-17-. The molecule has 0 unspecified atom stereocenters. The van der Waals surface area contributed by atoms with Gasteiger partial charge in [0.2, 0.25) is 0 Å². The first kappa shape index (κ1) is 20.6. The first-order valence-corrected chi connectivity index (χ1v) is 9.75. The van der Waals surface area contributed by atoms with Crippen molar-refractivity contribution in [2.45, 2.75) is 0 Å². The summed E-state index contributed by atoms with van der Waals surface area (Å²) in [7, 11) is -1.00. The Hall–Kier alpha value is -1.73. The lowest BCUT2D eigenvalue weighted by Crippen LogP contribution is -1.99. The molecule has 2 aromatic rings. The van der Waals surface area contributed by atoms with Crippen LogP contribution >= 0.6 is 34.8 Å². The summed E-state index contributed by atoms with van der Waals surface area (Å²) in [6, 6.07) is 9.43. The fourth-order valence-corrected chi connectivity index (χ4v) is 3.37. The Morgan fingerprint density at radius 1 is 1.00 bits per heavy atom. The van der Waals surface area contributed by atoms with Crippen LogP contribution in [0.25, 0.3) is 6.08 Å². The molecular weight excluding hydrogens is 421 g/mol. The lowest BCUT2D eigenvalue weighted by molar-refractivity contribution is 0.355. The number of ether oxygens (including phenoxy) is 2. The van der Waals surface area contributed by atoms with E-state index in [1.165, 1.54) is 32.4 Å². The minimum absolute atomic E-state index is 0.204. The van der Waals surface area contributed by atoms with Gasteiger partial charge in [-0.2, -0.15) is 8.42 Å². The van der Waals surface area contributed by atoms with Crippen molar-refractivity contribution in [3.8, 4) is 11.5 Å². The topological polar surface area (TPSA) is 65.0 Å². The molecule has 5 nitrogen and oxygen atoms in total. The second-order valence-corrected chi connectivity index (χ2v) is 7.60. The van der Waals surface area contributed by atoms with Crippen LogP contribution in [0, 0.1) is 0 Å². The van der Waals surface area contributed by atoms with E-state index in [1.54, 1.807) is 24.3 Å². The van der Waals surface area contributed by atoms with Gasteiger partial charge in [0.05, 0.1) is 29.7 Å². The average Bonchev–Trinajstić information content (AvgIpc) is 2.61. The van der Waals surface area contributed by atoms with Crippen LogP contribution in [0.15, 0.2) is 46.2 Å². The van der Waals surface area contributed by atoms with Crippen LogP contribution in [0.1, 0.15) is 11.1 Å². The van der Waals surface area contributed by atoms with Crippen LogP contribution in [0.4, 0.5) is 0 Å². The van der Waals surface area contributed by atoms with Gasteiger partial charge in [0, 0.05) is 5.56 Å². The highest BCUT2D eigenvalue weighted by Gasteiger charge is 2.11. The number of nitrogens with zero attached hydrogens (tertiary/aromatic N) is 1. The predicted molar refractivity (Wildman–Crippen MR) is 106 cm³/mol. The number of hydrogen-bond donors (Lipinski definition) is 0. The van der Waals surface area contributed by atoms with Crippen molar-refractivity contribution in [1.82, 2.24) is 0 Å². The Balaban J connectivity index is 2.28. The summed E-state index contributed by atoms with van der Waals surface area (Å²) in [4.78, 5) is 0. The SMILES string of the molecule is COc1ccc(/C(Cl)=N/S(=O)(=O)/C=C/c2ccc(Cl)c(Cl)c2)cc1OC. The summed E-state index contributed by atoms with van der Waals surface area (Å²) in [5.74, 6) is 0.894. The molecule has 2 aromatic carbocycles. The highest BCUT2D eigenvalue weighted by molar-refractivity contribution is 7.93. The zero-order valence-corrected chi connectivity index (χ0v) is 16.8. The van der Waals surface area contributed by atoms with Crippen molar-refractivity contribution < 1.29 is 17.9 Å². The average molecular weight is 435 g/mol. The van der Waals surface area contributed by atoms with Gasteiger partial charge in [-0.15, -0.1) is 4.40 Å². The van der Waals surface area contributed by atoms with Gasteiger partial charge in [-0.25, -0.2) is 0 Å². The quantitative estimate of drug-likeness (QED) is 0.600. The van der Waals surface area contributed by atoms with Crippen molar-refractivity contribution in [2.24, 2.45) is 4.40 Å². The summed E-state index contributed by atoms with van der Waals surface area (Å²) in [6.45, 7) is 0. The van der Waals surface area contributed by atoms with Crippen molar-refractivity contribution in [3.05, 3.63) is 63.0 Å². The molecular formula is C17H14Cl3NO4S. The van der Waals surface area contributed by atoms with Crippen molar-refractivity contribution in [3.63, 3.8) is 0 Å². The van der Waals surface area contributed by atoms with Crippen molar-refractivity contribution in [2.75, 3.05) is 14.2 Å². The molecule has 0 saturated heterocycles. The Morgan fingerprint density at radius 2 is 1.69 bits per heavy atom. The van der Waals surface area contributed by atoms with Gasteiger partial charge in [0.25, 0.3) is 10.0 Å². The van der Waals surface area contributed by atoms with Crippen LogP contribution < -0.4 is 9.47 Å². The van der Waals surface area contributed by atoms with E-state index in [9.17, 15) is 8.42 Å². The van der Waals surface area contributed by atoms with Gasteiger partial charge in [-0.05, 0) is 42.0 Å². The van der Waals surface area contributed by atoms with Crippen molar-refractivity contribution in [1.29, 1.82) is 0 Å². The van der Waals surface area contributed by atoms with Crippen molar-refractivity contribution >= 4 is 56.1 Å². The zero-order chi connectivity index (χ0) is 19.3. The molecule has 0 atom stereocenters. The van der Waals surface area contributed by atoms with Crippen LogP contribution in [0.3, 0.4) is 0 Å². The minimum Gasteiger partial charge on any atom is -0.493 e. The number of sulfonamides is 1. The summed E-state index contributed by atoms with van der Waals surface area (Å²) in [6.07, 6.45) is 1.35. The van der Waals surface area contributed by atoms with Gasteiger partial charge >= 0.3 is 0 Å².